The van der Waals surface area contributed by atoms with Crippen LogP contribution in [0.3, 0.4) is 0 Å². The van der Waals surface area contributed by atoms with E-state index in [0.29, 0.717) is 17.7 Å². The van der Waals surface area contributed by atoms with Crippen molar-refractivity contribution < 1.29 is 37.9 Å². The van der Waals surface area contributed by atoms with Crippen LogP contribution in [0.5, 0.6) is 0 Å². The number of aromatic nitrogens is 4. The highest BCUT2D eigenvalue weighted by Crippen LogP contribution is 2.46. The Morgan fingerprint density at radius 2 is 1.92 bits per heavy atom. The molecule has 0 aliphatic carbocycles. The highest BCUT2D eigenvalue weighted by atomic mass is 31.2. The maximum absolute atomic E-state index is 12.3. The second-order valence-corrected chi connectivity index (χ2v) is 9.82. The molecule has 1 aromatic carbocycles. The predicted octanol–water partition coefficient (Wildman–Crippen LogP) is 2.24. The molecule has 2 aromatic heterocycles. The molecule has 0 spiro atoms. The van der Waals surface area contributed by atoms with Crippen LogP contribution in [-0.2, 0) is 23.3 Å². The number of benzene rings is 1. The summed E-state index contributed by atoms with van der Waals surface area (Å²) in [4.78, 5) is 43.5. The van der Waals surface area contributed by atoms with Crippen molar-refractivity contribution >= 4 is 30.8 Å². The van der Waals surface area contributed by atoms with E-state index in [1.165, 1.54) is 12.7 Å². The molecule has 0 bridgehead atoms. The number of anilines is 1. The summed E-state index contributed by atoms with van der Waals surface area (Å²) in [7, 11) is -4.74. The molecule has 198 valence electrons. The summed E-state index contributed by atoms with van der Waals surface area (Å²) >= 11 is 0. The Balaban J connectivity index is 1.41. The van der Waals surface area contributed by atoms with Crippen molar-refractivity contribution in [1.29, 1.82) is 0 Å². The number of ether oxygens (including phenoxy) is 3. The van der Waals surface area contributed by atoms with E-state index >= 15 is 0 Å². The zero-order valence-electron chi connectivity index (χ0n) is 19.8. The summed E-state index contributed by atoms with van der Waals surface area (Å²) in [5, 5.41) is 5.45. The van der Waals surface area contributed by atoms with Gasteiger partial charge in [-0.3, -0.25) is 14.4 Å². The van der Waals surface area contributed by atoms with Crippen molar-refractivity contribution in [3.63, 3.8) is 0 Å². The average molecular weight is 534 g/mol. The van der Waals surface area contributed by atoms with Crippen LogP contribution in [0, 0.1) is 0 Å². The lowest BCUT2D eigenvalue weighted by atomic mass is 10.1. The van der Waals surface area contributed by atoms with Crippen molar-refractivity contribution in [3.8, 4) is 0 Å². The zero-order valence-corrected chi connectivity index (χ0v) is 20.7. The minimum Gasteiger partial charge on any atom is -0.347 e. The monoisotopic (exact) mass is 534 g/mol. The van der Waals surface area contributed by atoms with Gasteiger partial charge in [-0.25, -0.2) is 24.3 Å². The summed E-state index contributed by atoms with van der Waals surface area (Å²) in [5.74, 6) is 0.222. The molecule has 37 heavy (non-hydrogen) atoms. The Bertz CT molecular complexity index is 1290. The van der Waals surface area contributed by atoms with Crippen molar-refractivity contribution in [3.05, 3.63) is 48.5 Å². The minimum absolute atomic E-state index is 0.222. The molecule has 0 radical (unpaired) electrons. The average Bonchev–Trinajstić information content (AvgIpc) is 3.57. The molecule has 0 saturated carbocycles. The standard InChI is InChI=1S/C22H27N6O8P/c1-2-3-9-23-22(29)27-18-15-19(25-11-24-18)28(12-26-15)20-17-16(14(34-20)10-33-37(30,31)32)35-21(36-17)13-7-5-4-6-8-13/h4-8,11-12,14,16-17,20-21H,2-3,9-10H2,1H3,(H2,30,31,32)(H2,23,24,25,27,29)/t14-,16?,17?,20?,21?/m1/s1. The van der Waals surface area contributed by atoms with E-state index in [2.05, 4.69) is 25.6 Å². The molecular weight excluding hydrogens is 507 g/mol. The number of fused-ring (bicyclic) bond motifs is 2. The number of phosphoric ester groups is 1. The lowest BCUT2D eigenvalue weighted by Gasteiger charge is -2.21. The number of carbonyl (C=O) groups excluding carboxylic acids is 1. The number of nitrogens with zero attached hydrogens (tertiary/aromatic N) is 4. The Kier molecular flexibility index (Phi) is 7.49. The van der Waals surface area contributed by atoms with Crippen molar-refractivity contribution in [2.75, 3.05) is 18.5 Å². The third-order valence-electron chi connectivity index (χ3n) is 6.01. The van der Waals surface area contributed by atoms with Gasteiger partial charge < -0.3 is 29.3 Å². The minimum atomic E-state index is -4.74. The topological polar surface area (TPSA) is 179 Å². The van der Waals surface area contributed by atoms with Crippen LogP contribution in [0.2, 0.25) is 0 Å². The number of unbranched alkanes of at least 4 members (excludes halogenated alkanes) is 1. The zero-order chi connectivity index (χ0) is 26.0. The maximum atomic E-state index is 12.3. The number of imidazole rings is 1. The number of nitrogens with one attached hydrogen (secondary N) is 2. The van der Waals surface area contributed by atoms with Gasteiger partial charge in [0.1, 0.15) is 24.6 Å². The van der Waals surface area contributed by atoms with Gasteiger partial charge in [0.2, 0.25) is 0 Å². The van der Waals surface area contributed by atoms with Gasteiger partial charge in [-0.05, 0) is 6.42 Å². The van der Waals surface area contributed by atoms with Gasteiger partial charge in [0.25, 0.3) is 0 Å². The second-order valence-electron chi connectivity index (χ2n) is 8.58. The fraction of sp³-hybridized carbons (Fsp3) is 0.455. The van der Waals surface area contributed by atoms with Gasteiger partial charge in [-0.1, -0.05) is 43.7 Å². The molecule has 2 saturated heterocycles. The number of hydrogen-bond acceptors (Lipinski definition) is 9. The number of amides is 2. The van der Waals surface area contributed by atoms with Crippen LogP contribution < -0.4 is 10.6 Å². The van der Waals surface area contributed by atoms with Crippen LogP contribution in [0.25, 0.3) is 11.2 Å². The van der Waals surface area contributed by atoms with E-state index in [1.807, 2.05) is 37.3 Å². The van der Waals surface area contributed by atoms with E-state index < -0.39 is 51.3 Å². The molecule has 5 atom stereocenters. The Morgan fingerprint density at radius 3 is 2.68 bits per heavy atom. The van der Waals surface area contributed by atoms with E-state index in [4.69, 9.17) is 18.7 Å². The molecule has 4 unspecified atom stereocenters. The van der Waals surface area contributed by atoms with Gasteiger partial charge in [0.05, 0.1) is 12.9 Å². The molecule has 3 aromatic rings. The van der Waals surface area contributed by atoms with Crippen LogP contribution in [0.4, 0.5) is 10.6 Å². The first-order valence-corrected chi connectivity index (χ1v) is 13.3. The summed E-state index contributed by atoms with van der Waals surface area (Å²) in [6, 6.07) is 8.87. The molecule has 15 heteroatoms. The first-order valence-electron chi connectivity index (χ1n) is 11.8. The smallest absolute Gasteiger partial charge is 0.347 e. The number of rotatable bonds is 9. The Labute approximate surface area is 211 Å². The van der Waals surface area contributed by atoms with Crippen LogP contribution in [-0.4, -0.2) is 66.8 Å². The van der Waals surface area contributed by atoms with Crippen LogP contribution in [0.15, 0.2) is 43.0 Å². The first-order chi connectivity index (χ1) is 17.8. The highest BCUT2D eigenvalue weighted by Gasteiger charge is 2.54. The number of carbonyl (C=O) groups is 1. The third-order valence-corrected chi connectivity index (χ3v) is 6.49. The van der Waals surface area contributed by atoms with Crippen LogP contribution in [0.1, 0.15) is 37.8 Å². The SMILES string of the molecule is CCCCNC(=O)Nc1ncnc2c1ncn2C1O[C@H](COP(=O)(O)O)C2OC(c3ccccc3)OC21. The van der Waals surface area contributed by atoms with Gasteiger partial charge >= 0.3 is 13.9 Å². The fourth-order valence-electron chi connectivity index (χ4n) is 4.29. The van der Waals surface area contributed by atoms with E-state index in [-0.39, 0.29) is 5.82 Å². The van der Waals surface area contributed by atoms with Gasteiger partial charge in [-0.2, -0.15) is 0 Å². The molecule has 2 fully saturated rings. The number of phosphoric acid groups is 1. The molecule has 5 rings (SSSR count). The summed E-state index contributed by atoms with van der Waals surface area (Å²) in [6.45, 7) is 2.14. The summed E-state index contributed by atoms with van der Waals surface area (Å²) in [6.07, 6.45) is 0.834. The van der Waals surface area contributed by atoms with Crippen molar-refractivity contribution in [1.82, 2.24) is 24.8 Å². The van der Waals surface area contributed by atoms with E-state index in [0.717, 1.165) is 18.4 Å². The first kappa shape index (κ1) is 25.7. The maximum Gasteiger partial charge on any atom is 0.469 e. The van der Waals surface area contributed by atoms with Gasteiger partial charge in [0, 0.05) is 12.1 Å². The largest absolute Gasteiger partial charge is 0.469 e. The highest BCUT2D eigenvalue weighted by molar-refractivity contribution is 7.46. The van der Waals surface area contributed by atoms with Crippen LogP contribution >= 0.6 is 7.82 Å². The Hall–Kier alpha value is -2.97. The molecule has 4 N–H and O–H groups in total. The molecule has 14 nitrogen and oxygen atoms in total. The predicted molar refractivity (Wildman–Crippen MR) is 128 cm³/mol. The van der Waals surface area contributed by atoms with Crippen molar-refractivity contribution in [2.24, 2.45) is 0 Å². The molecule has 4 heterocycles. The van der Waals surface area contributed by atoms with E-state index in [9.17, 15) is 19.1 Å². The number of urea groups is 1. The molecule has 2 aliphatic rings. The summed E-state index contributed by atoms with van der Waals surface area (Å²) in [5.41, 5.74) is 1.48. The molecular formula is C22H27N6O8P. The van der Waals surface area contributed by atoms with Crippen molar-refractivity contribution in [2.45, 2.75) is 50.6 Å². The lowest BCUT2D eigenvalue weighted by Crippen LogP contribution is -2.31. The van der Waals surface area contributed by atoms with E-state index in [1.54, 1.807) is 4.57 Å². The Morgan fingerprint density at radius 1 is 1.14 bits per heavy atom. The quantitative estimate of drug-likeness (QED) is 0.234. The second kappa shape index (κ2) is 10.8. The van der Waals surface area contributed by atoms with Gasteiger partial charge in [0.15, 0.2) is 29.5 Å². The normalized spacial score (nSPS) is 25.3. The third kappa shape index (κ3) is 5.65. The summed E-state index contributed by atoms with van der Waals surface area (Å²) < 4.78 is 36.1. The molecule has 2 amide bonds. The fourth-order valence-corrected chi connectivity index (χ4v) is 4.63. The number of hydrogen-bond donors (Lipinski definition) is 4. The lowest BCUT2D eigenvalue weighted by molar-refractivity contribution is -0.152. The molecule has 2 aliphatic heterocycles. The van der Waals surface area contributed by atoms with Gasteiger partial charge in [-0.15, -0.1) is 0 Å².